The number of nitrogens with zero attached hydrogens (tertiary/aromatic N) is 3. The number of rotatable bonds is 5. The first kappa shape index (κ1) is 14.6. The van der Waals surface area contributed by atoms with Gasteiger partial charge in [-0.15, -0.1) is 0 Å². The van der Waals surface area contributed by atoms with Crippen molar-refractivity contribution in [2.75, 3.05) is 24.3 Å². The van der Waals surface area contributed by atoms with Crippen LogP contribution in [0.15, 0.2) is 35.1 Å². The fourth-order valence-electron chi connectivity index (χ4n) is 1.88. The highest BCUT2D eigenvalue weighted by Crippen LogP contribution is 2.28. The summed E-state index contributed by atoms with van der Waals surface area (Å²) in [4.78, 5) is 10.3. The second kappa shape index (κ2) is 6.56. The van der Waals surface area contributed by atoms with E-state index in [1.807, 2.05) is 37.1 Å². The smallest absolute Gasteiger partial charge is 0.242 e. The molecule has 0 unspecified atom stereocenters. The number of hydrogen-bond acceptors (Lipinski definition) is 5. The van der Waals surface area contributed by atoms with Gasteiger partial charge in [0.15, 0.2) is 5.82 Å². The second-order valence-corrected chi connectivity index (χ2v) is 5.15. The van der Waals surface area contributed by atoms with E-state index in [9.17, 15) is 0 Å². The topological polar surface area (TPSA) is 64.3 Å². The average molecular weight is 337 g/mol. The molecule has 1 heterocycles. The highest BCUT2D eigenvalue weighted by molar-refractivity contribution is 9.10. The molecule has 2 rings (SSSR count). The molecule has 0 aliphatic rings. The minimum absolute atomic E-state index is 0.427. The Balaban J connectivity index is 2.23. The summed E-state index contributed by atoms with van der Waals surface area (Å²) in [6.45, 7) is 3.11. The fourth-order valence-corrected chi connectivity index (χ4v) is 2.29. The maximum atomic E-state index is 6.06. The molecule has 0 aliphatic heterocycles. The molecule has 106 valence electrons. The van der Waals surface area contributed by atoms with Crippen molar-refractivity contribution in [3.8, 4) is 5.88 Å². The van der Waals surface area contributed by atoms with Gasteiger partial charge in [-0.05, 0) is 18.6 Å². The minimum atomic E-state index is 0.427. The third kappa shape index (κ3) is 3.19. The molecule has 0 aliphatic carbocycles. The Bertz CT molecular complexity index is 591. The number of nitrogen functional groups attached to an aromatic ring is 1. The maximum absolute atomic E-state index is 6.06. The van der Waals surface area contributed by atoms with Crippen molar-refractivity contribution < 1.29 is 4.74 Å². The van der Waals surface area contributed by atoms with E-state index >= 15 is 0 Å². The number of ether oxygens (including phenoxy) is 1. The molecule has 6 heteroatoms. The van der Waals surface area contributed by atoms with E-state index in [0.717, 1.165) is 10.0 Å². The van der Waals surface area contributed by atoms with E-state index in [1.165, 1.54) is 6.33 Å². The lowest BCUT2D eigenvalue weighted by Crippen LogP contribution is -2.20. The number of benzene rings is 1. The third-order valence-corrected chi connectivity index (χ3v) is 3.61. The van der Waals surface area contributed by atoms with Crippen LogP contribution in [0.2, 0.25) is 0 Å². The van der Waals surface area contributed by atoms with Gasteiger partial charge in [-0.1, -0.05) is 34.1 Å². The summed E-state index contributed by atoms with van der Waals surface area (Å²) in [5.41, 5.74) is 7.68. The van der Waals surface area contributed by atoms with Gasteiger partial charge in [0.25, 0.3) is 0 Å². The monoisotopic (exact) mass is 336 g/mol. The van der Waals surface area contributed by atoms with Gasteiger partial charge >= 0.3 is 0 Å². The minimum Gasteiger partial charge on any atom is -0.476 e. The molecule has 0 fully saturated rings. The summed E-state index contributed by atoms with van der Waals surface area (Å²) >= 11 is 3.54. The van der Waals surface area contributed by atoms with Crippen LogP contribution in [0, 0.1) is 0 Å². The zero-order valence-electron chi connectivity index (χ0n) is 11.5. The number of nitrogens with two attached hydrogens (primary N) is 1. The second-order valence-electron chi connectivity index (χ2n) is 4.30. The van der Waals surface area contributed by atoms with Crippen LogP contribution in [-0.2, 0) is 6.54 Å². The van der Waals surface area contributed by atoms with Gasteiger partial charge in [-0.2, -0.15) is 4.98 Å². The third-order valence-electron chi connectivity index (χ3n) is 2.83. The van der Waals surface area contributed by atoms with Crippen LogP contribution < -0.4 is 15.4 Å². The molecular weight excluding hydrogens is 320 g/mol. The Hall–Kier alpha value is -1.82. The highest BCUT2D eigenvalue weighted by Gasteiger charge is 2.13. The zero-order chi connectivity index (χ0) is 14.5. The first-order valence-corrected chi connectivity index (χ1v) is 7.10. The Labute approximate surface area is 126 Å². The summed E-state index contributed by atoms with van der Waals surface area (Å²) in [5.74, 6) is 1.09. The van der Waals surface area contributed by atoms with Gasteiger partial charge in [-0.25, -0.2) is 4.98 Å². The normalized spacial score (nSPS) is 10.3. The van der Waals surface area contributed by atoms with E-state index in [4.69, 9.17) is 10.5 Å². The van der Waals surface area contributed by atoms with Crippen LogP contribution in [0.3, 0.4) is 0 Å². The van der Waals surface area contributed by atoms with Gasteiger partial charge < -0.3 is 15.4 Å². The Morgan fingerprint density at radius 3 is 2.75 bits per heavy atom. The Morgan fingerprint density at radius 2 is 2.05 bits per heavy atom. The van der Waals surface area contributed by atoms with Crippen molar-refractivity contribution in [3.63, 3.8) is 0 Å². The van der Waals surface area contributed by atoms with Crippen LogP contribution in [0.1, 0.15) is 12.5 Å². The van der Waals surface area contributed by atoms with E-state index in [-0.39, 0.29) is 0 Å². The van der Waals surface area contributed by atoms with Gasteiger partial charge in [0.05, 0.1) is 6.61 Å². The molecule has 0 radical (unpaired) electrons. The van der Waals surface area contributed by atoms with Crippen LogP contribution in [-0.4, -0.2) is 23.6 Å². The molecule has 0 saturated heterocycles. The summed E-state index contributed by atoms with van der Waals surface area (Å²) in [6, 6.07) is 8.06. The first-order chi connectivity index (χ1) is 9.63. The average Bonchev–Trinajstić information content (AvgIpc) is 2.44. The van der Waals surface area contributed by atoms with Crippen LogP contribution >= 0.6 is 15.9 Å². The number of aromatic nitrogens is 2. The number of hydrogen-bond donors (Lipinski definition) is 1. The first-order valence-electron chi connectivity index (χ1n) is 6.31. The Morgan fingerprint density at radius 1 is 1.30 bits per heavy atom. The van der Waals surface area contributed by atoms with Crippen LogP contribution in [0.4, 0.5) is 11.5 Å². The quantitative estimate of drug-likeness (QED) is 0.909. The standard InChI is InChI=1S/C14H17BrN4O/c1-3-20-14-12(16)13(17-9-18-14)19(2)8-10-6-4-5-7-11(10)15/h4-7,9H,3,8,16H2,1-2H3. The molecule has 0 amide bonds. The van der Waals surface area contributed by atoms with Crippen molar-refractivity contribution in [1.82, 2.24) is 9.97 Å². The van der Waals surface area contributed by atoms with E-state index in [2.05, 4.69) is 32.0 Å². The van der Waals surface area contributed by atoms with Crippen molar-refractivity contribution in [3.05, 3.63) is 40.6 Å². The van der Waals surface area contributed by atoms with Crippen molar-refractivity contribution >= 4 is 27.4 Å². The zero-order valence-corrected chi connectivity index (χ0v) is 13.1. The van der Waals surface area contributed by atoms with Crippen LogP contribution in [0.25, 0.3) is 0 Å². The summed E-state index contributed by atoms with van der Waals surface area (Å²) in [6.07, 6.45) is 1.47. The molecule has 20 heavy (non-hydrogen) atoms. The molecule has 2 aromatic rings. The van der Waals surface area contributed by atoms with E-state index in [0.29, 0.717) is 30.5 Å². The fraction of sp³-hybridized carbons (Fsp3) is 0.286. The van der Waals surface area contributed by atoms with Gasteiger partial charge in [0, 0.05) is 18.1 Å². The largest absolute Gasteiger partial charge is 0.476 e. The van der Waals surface area contributed by atoms with Gasteiger partial charge in [-0.3, -0.25) is 0 Å². The SMILES string of the molecule is CCOc1ncnc(N(C)Cc2ccccc2Br)c1N. The molecule has 0 bridgehead atoms. The van der Waals surface area contributed by atoms with Crippen LogP contribution in [0.5, 0.6) is 5.88 Å². The number of halogens is 1. The maximum Gasteiger partial charge on any atom is 0.242 e. The molecule has 0 atom stereocenters. The predicted molar refractivity (Wildman–Crippen MR) is 83.9 cm³/mol. The summed E-state index contributed by atoms with van der Waals surface area (Å²) in [7, 11) is 1.94. The molecule has 1 aromatic heterocycles. The van der Waals surface area contributed by atoms with Crippen molar-refractivity contribution in [2.24, 2.45) is 0 Å². The molecule has 0 spiro atoms. The lowest BCUT2D eigenvalue weighted by atomic mass is 10.2. The highest BCUT2D eigenvalue weighted by atomic mass is 79.9. The predicted octanol–water partition coefficient (Wildman–Crippen LogP) is 2.86. The molecule has 2 N–H and O–H groups in total. The molecule has 1 aromatic carbocycles. The lowest BCUT2D eigenvalue weighted by Gasteiger charge is -2.21. The van der Waals surface area contributed by atoms with E-state index < -0.39 is 0 Å². The van der Waals surface area contributed by atoms with Gasteiger partial charge in [0.1, 0.15) is 12.0 Å². The van der Waals surface area contributed by atoms with Crippen molar-refractivity contribution in [2.45, 2.75) is 13.5 Å². The summed E-state index contributed by atoms with van der Waals surface area (Å²) < 4.78 is 6.45. The summed E-state index contributed by atoms with van der Waals surface area (Å²) in [5, 5.41) is 0. The number of anilines is 2. The molecule has 0 saturated carbocycles. The molecular formula is C14H17BrN4O. The lowest BCUT2D eigenvalue weighted by molar-refractivity contribution is 0.328. The van der Waals surface area contributed by atoms with Gasteiger partial charge in [0.2, 0.25) is 5.88 Å². The Kier molecular flexibility index (Phi) is 4.79. The molecule has 5 nitrogen and oxygen atoms in total. The van der Waals surface area contributed by atoms with E-state index in [1.54, 1.807) is 0 Å². The van der Waals surface area contributed by atoms with Crippen molar-refractivity contribution in [1.29, 1.82) is 0 Å².